The fourth-order valence-electron chi connectivity index (χ4n) is 5.89. The average Bonchev–Trinajstić information content (AvgIpc) is 3.48. The van der Waals surface area contributed by atoms with E-state index in [0.717, 1.165) is 48.7 Å². The van der Waals surface area contributed by atoms with Gasteiger partial charge in [-0.1, -0.05) is 62.4 Å². The van der Waals surface area contributed by atoms with Crippen LogP contribution < -0.4 is 10.1 Å². The first-order chi connectivity index (χ1) is 25.2. The van der Waals surface area contributed by atoms with Crippen molar-refractivity contribution in [3.63, 3.8) is 0 Å². The maximum atomic E-state index is 12.3. The van der Waals surface area contributed by atoms with Gasteiger partial charge in [-0.2, -0.15) is 0 Å². The summed E-state index contributed by atoms with van der Waals surface area (Å²) >= 11 is 0. The minimum Gasteiger partial charge on any atom is -0.463 e. The SMILES string of the molecule is CC(=O)OC[C@H]1O[C@@H](Oc2n[nH]c(C(C)C)c2Cc2ccc(CCNC(=O)OCc3ccccc3)cc2C)[C@H](OC(C)=O)[C@@H](OC(C)=O)[C@@H]1OC(C)=O. The predicted octanol–water partition coefficient (Wildman–Crippen LogP) is 4.36. The molecule has 0 saturated carbocycles. The Bertz CT molecular complexity index is 1740. The summed E-state index contributed by atoms with van der Waals surface area (Å²) in [6.45, 7) is 10.8. The van der Waals surface area contributed by atoms with E-state index >= 15 is 0 Å². The van der Waals surface area contributed by atoms with Gasteiger partial charge >= 0.3 is 30.0 Å². The summed E-state index contributed by atoms with van der Waals surface area (Å²) in [6.07, 6.45) is -6.25. The minimum absolute atomic E-state index is 0.00227. The summed E-state index contributed by atoms with van der Waals surface area (Å²) in [7, 11) is 0. The Kier molecular flexibility index (Phi) is 14.4. The third-order valence-corrected chi connectivity index (χ3v) is 8.28. The molecule has 15 nitrogen and oxygen atoms in total. The van der Waals surface area contributed by atoms with Gasteiger partial charge in [0.15, 0.2) is 12.2 Å². The molecule has 2 N–H and O–H groups in total. The van der Waals surface area contributed by atoms with Crippen LogP contribution >= 0.6 is 0 Å². The minimum atomic E-state index is -1.44. The lowest BCUT2D eigenvalue weighted by molar-refractivity contribution is -0.289. The second-order valence-corrected chi connectivity index (χ2v) is 12.9. The smallest absolute Gasteiger partial charge is 0.407 e. The molecule has 5 atom stereocenters. The number of aromatic nitrogens is 2. The lowest BCUT2D eigenvalue weighted by atomic mass is 9.95. The molecule has 0 aliphatic carbocycles. The molecule has 286 valence electrons. The van der Waals surface area contributed by atoms with Gasteiger partial charge in [-0.25, -0.2) is 4.79 Å². The highest BCUT2D eigenvalue weighted by molar-refractivity contribution is 5.69. The van der Waals surface area contributed by atoms with Gasteiger partial charge in [-0.3, -0.25) is 24.3 Å². The fraction of sp³-hybridized carbons (Fsp3) is 0.474. The topological polar surface area (TPSA) is 191 Å². The molecule has 1 aliphatic heterocycles. The molecule has 0 bridgehead atoms. The van der Waals surface area contributed by atoms with Crippen molar-refractivity contribution in [2.75, 3.05) is 13.2 Å². The Balaban J connectivity index is 1.54. The number of aromatic amines is 1. The van der Waals surface area contributed by atoms with E-state index in [1.165, 1.54) is 6.92 Å². The number of hydrogen-bond acceptors (Lipinski definition) is 13. The van der Waals surface area contributed by atoms with E-state index in [2.05, 4.69) is 15.5 Å². The van der Waals surface area contributed by atoms with Crippen LogP contribution in [0.1, 0.15) is 81.0 Å². The molecule has 1 aliphatic rings. The number of nitrogens with zero attached hydrogens (tertiary/aromatic N) is 1. The number of rotatable bonds is 15. The first-order valence-electron chi connectivity index (χ1n) is 17.3. The van der Waals surface area contributed by atoms with Crippen LogP contribution in [0.2, 0.25) is 0 Å². The number of amides is 1. The Morgan fingerprint density at radius 2 is 1.49 bits per heavy atom. The lowest BCUT2D eigenvalue weighted by Crippen LogP contribution is -2.63. The second kappa shape index (κ2) is 18.9. The number of carbonyl (C=O) groups excluding carboxylic acids is 5. The zero-order chi connectivity index (χ0) is 38.7. The van der Waals surface area contributed by atoms with E-state index in [4.69, 9.17) is 33.2 Å². The number of aryl methyl sites for hydroxylation is 1. The number of carbonyl (C=O) groups is 5. The number of H-pyrrole nitrogens is 1. The third kappa shape index (κ3) is 11.8. The van der Waals surface area contributed by atoms with Crippen LogP contribution in [-0.4, -0.2) is 84.0 Å². The summed E-state index contributed by atoms with van der Waals surface area (Å²) in [5.41, 5.74) is 5.36. The summed E-state index contributed by atoms with van der Waals surface area (Å²) in [5, 5.41) is 10.3. The van der Waals surface area contributed by atoms with Crippen molar-refractivity contribution >= 4 is 30.0 Å². The van der Waals surface area contributed by atoms with Crippen LogP contribution in [0.15, 0.2) is 48.5 Å². The molecule has 1 fully saturated rings. The highest BCUT2D eigenvalue weighted by Gasteiger charge is 2.53. The van der Waals surface area contributed by atoms with Crippen molar-refractivity contribution in [2.24, 2.45) is 0 Å². The van der Waals surface area contributed by atoms with Crippen molar-refractivity contribution in [3.8, 4) is 5.88 Å². The van der Waals surface area contributed by atoms with Crippen LogP contribution in [0.3, 0.4) is 0 Å². The summed E-state index contributed by atoms with van der Waals surface area (Å²) in [5.74, 6) is -2.73. The van der Waals surface area contributed by atoms with Crippen molar-refractivity contribution in [2.45, 2.75) is 105 Å². The van der Waals surface area contributed by atoms with Crippen molar-refractivity contribution < 1.29 is 57.1 Å². The Labute approximate surface area is 307 Å². The van der Waals surface area contributed by atoms with E-state index in [-0.39, 0.29) is 18.4 Å². The maximum absolute atomic E-state index is 12.3. The molecule has 2 aromatic carbocycles. The largest absolute Gasteiger partial charge is 0.463 e. The third-order valence-electron chi connectivity index (χ3n) is 8.28. The molecule has 2 heterocycles. The van der Waals surface area contributed by atoms with E-state index in [9.17, 15) is 24.0 Å². The molecule has 0 unspecified atom stereocenters. The van der Waals surface area contributed by atoms with Crippen molar-refractivity contribution in [1.29, 1.82) is 0 Å². The molecule has 1 aromatic heterocycles. The molecule has 1 amide bonds. The summed E-state index contributed by atoms with van der Waals surface area (Å²) < 4.78 is 39.5. The van der Waals surface area contributed by atoms with Gasteiger partial charge in [0.25, 0.3) is 0 Å². The van der Waals surface area contributed by atoms with Gasteiger partial charge in [0.05, 0.1) is 0 Å². The molecular formula is C38H47N3O12. The van der Waals surface area contributed by atoms with E-state index in [1.54, 1.807) is 0 Å². The van der Waals surface area contributed by atoms with Gasteiger partial charge in [-0.15, -0.1) is 5.10 Å². The first kappa shape index (κ1) is 40.3. The number of benzene rings is 2. The molecule has 0 radical (unpaired) electrons. The molecule has 1 saturated heterocycles. The molecule has 53 heavy (non-hydrogen) atoms. The highest BCUT2D eigenvalue weighted by Crippen LogP contribution is 2.34. The van der Waals surface area contributed by atoms with Crippen molar-refractivity contribution in [1.82, 2.24) is 15.5 Å². The Hall–Kier alpha value is -5.44. The van der Waals surface area contributed by atoms with E-state index in [0.29, 0.717) is 24.9 Å². The predicted molar refractivity (Wildman–Crippen MR) is 188 cm³/mol. The average molecular weight is 738 g/mol. The first-order valence-corrected chi connectivity index (χ1v) is 17.3. The molecular weight excluding hydrogens is 690 g/mol. The molecule has 15 heteroatoms. The fourth-order valence-corrected chi connectivity index (χ4v) is 5.89. The zero-order valence-corrected chi connectivity index (χ0v) is 31.0. The number of hydrogen-bond donors (Lipinski definition) is 2. The second-order valence-electron chi connectivity index (χ2n) is 12.9. The van der Waals surface area contributed by atoms with Crippen LogP contribution in [-0.2, 0) is 67.0 Å². The molecule has 3 aromatic rings. The van der Waals surface area contributed by atoms with Gasteiger partial charge in [0.2, 0.25) is 18.3 Å². The summed E-state index contributed by atoms with van der Waals surface area (Å²) in [4.78, 5) is 60.6. The lowest BCUT2D eigenvalue weighted by Gasteiger charge is -2.43. The molecule has 0 spiro atoms. The highest BCUT2D eigenvalue weighted by atomic mass is 16.7. The van der Waals surface area contributed by atoms with Crippen molar-refractivity contribution in [3.05, 3.63) is 82.0 Å². The zero-order valence-electron chi connectivity index (χ0n) is 31.0. The Morgan fingerprint density at radius 3 is 2.11 bits per heavy atom. The number of esters is 4. The monoisotopic (exact) mass is 737 g/mol. The van der Waals surface area contributed by atoms with Gasteiger partial charge < -0.3 is 38.5 Å². The van der Waals surface area contributed by atoms with Crippen LogP contribution in [0.4, 0.5) is 4.79 Å². The quantitative estimate of drug-likeness (QED) is 0.165. The summed E-state index contributed by atoms with van der Waals surface area (Å²) in [6, 6.07) is 15.5. The number of nitrogens with one attached hydrogen (secondary N) is 2. The van der Waals surface area contributed by atoms with E-state index in [1.807, 2.05) is 69.3 Å². The van der Waals surface area contributed by atoms with Crippen LogP contribution in [0.5, 0.6) is 5.88 Å². The Morgan fingerprint density at radius 1 is 0.830 bits per heavy atom. The molecule has 4 rings (SSSR count). The van der Waals surface area contributed by atoms with Crippen LogP contribution in [0, 0.1) is 6.92 Å². The number of alkyl carbamates (subject to hydrolysis) is 1. The van der Waals surface area contributed by atoms with Gasteiger partial charge in [0.1, 0.15) is 19.3 Å². The van der Waals surface area contributed by atoms with E-state index < -0.39 is 67.3 Å². The van der Waals surface area contributed by atoms with Gasteiger partial charge in [0, 0.05) is 51.9 Å². The standard InChI is InChI=1S/C38H47N3O12/c1-21(2)32-30(18-29-14-13-27(17-22(29)3)15-16-39-38(46)48-19-28-11-9-8-10-12-28)36(41-40-32)53-37-35(51-26(7)45)34(50-25(6)44)33(49-24(5)43)31(52-37)20-47-23(4)42/h8-14,17,21,31,33-35,37H,15-16,18-20H2,1-7H3,(H,39,46)(H,40,41)/t31-,33-,34+,35-,37+/m1/s1. The number of ether oxygens (including phenoxy) is 7. The normalized spacial score (nSPS) is 19.5. The maximum Gasteiger partial charge on any atom is 0.407 e. The van der Waals surface area contributed by atoms with Crippen LogP contribution in [0.25, 0.3) is 0 Å². The van der Waals surface area contributed by atoms with Gasteiger partial charge in [-0.05, 0) is 41.5 Å².